The van der Waals surface area contributed by atoms with Crippen molar-refractivity contribution in [1.82, 2.24) is 4.98 Å². The first-order valence-electron chi connectivity index (χ1n) is 6.03. The van der Waals surface area contributed by atoms with E-state index in [4.69, 9.17) is 10.5 Å². The van der Waals surface area contributed by atoms with Crippen LogP contribution in [0, 0.1) is 0 Å². The van der Waals surface area contributed by atoms with Gasteiger partial charge in [0.05, 0.1) is 7.11 Å². The number of hydrogen-bond donors (Lipinski definition) is 1. The molecule has 0 saturated heterocycles. The second-order valence-corrected chi connectivity index (χ2v) is 5.21. The number of halogens is 3. The van der Waals surface area contributed by atoms with E-state index >= 15 is 0 Å². The fourth-order valence-corrected chi connectivity index (χ4v) is 2.62. The Morgan fingerprint density at radius 1 is 1.24 bits per heavy atom. The lowest BCUT2D eigenvalue weighted by atomic mass is 10.2. The summed E-state index contributed by atoms with van der Waals surface area (Å²) in [7, 11) is 1.53. The highest BCUT2D eigenvalue weighted by atomic mass is 32.2. The number of nitrogens with two attached hydrogens (primary N) is 1. The van der Waals surface area contributed by atoms with Crippen LogP contribution in [0.25, 0.3) is 0 Å². The minimum Gasteiger partial charge on any atom is -0.497 e. The molecule has 0 aliphatic rings. The van der Waals surface area contributed by atoms with Crippen LogP contribution >= 0.6 is 11.8 Å². The highest BCUT2D eigenvalue weighted by Crippen LogP contribution is 2.34. The maximum absolute atomic E-state index is 12.7. The molecule has 0 radical (unpaired) electrons. The SMILES string of the molecule is COc1cccc(Sc2nc(C(F)(F)F)ccc2CN)c1. The van der Waals surface area contributed by atoms with Crippen LogP contribution in [0.15, 0.2) is 46.3 Å². The first kappa shape index (κ1) is 15.7. The highest BCUT2D eigenvalue weighted by Gasteiger charge is 2.33. The van der Waals surface area contributed by atoms with E-state index < -0.39 is 11.9 Å². The van der Waals surface area contributed by atoms with Crippen LogP contribution in [0.1, 0.15) is 11.3 Å². The van der Waals surface area contributed by atoms with E-state index in [1.165, 1.54) is 13.2 Å². The molecular weight excluding hydrogens is 301 g/mol. The zero-order valence-electron chi connectivity index (χ0n) is 11.1. The smallest absolute Gasteiger partial charge is 0.433 e. The number of alkyl halides is 3. The number of methoxy groups -OCH3 is 1. The van der Waals surface area contributed by atoms with Crippen molar-refractivity contribution in [2.24, 2.45) is 5.73 Å². The van der Waals surface area contributed by atoms with Gasteiger partial charge >= 0.3 is 6.18 Å². The monoisotopic (exact) mass is 314 g/mol. The van der Waals surface area contributed by atoms with Crippen molar-refractivity contribution in [2.45, 2.75) is 22.6 Å². The van der Waals surface area contributed by atoms with E-state index in [9.17, 15) is 13.2 Å². The van der Waals surface area contributed by atoms with Crippen molar-refractivity contribution in [3.05, 3.63) is 47.7 Å². The van der Waals surface area contributed by atoms with Gasteiger partial charge in [-0.2, -0.15) is 13.2 Å². The van der Waals surface area contributed by atoms with Crippen LogP contribution in [-0.4, -0.2) is 12.1 Å². The summed E-state index contributed by atoms with van der Waals surface area (Å²) in [6.45, 7) is 0.122. The van der Waals surface area contributed by atoms with E-state index in [0.717, 1.165) is 22.7 Å². The van der Waals surface area contributed by atoms with Crippen molar-refractivity contribution in [2.75, 3.05) is 7.11 Å². The van der Waals surface area contributed by atoms with E-state index in [1.807, 2.05) is 0 Å². The number of pyridine rings is 1. The molecule has 0 amide bonds. The summed E-state index contributed by atoms with van der Waals surface area (Å²) < 4.78 is 43.3. The van der Waals surface area contributed by atoms with Gasteiger partial charge < -0.3 is 10.5 Å². The molecular formula is C14H13F3N2OS. The third-order valence-corrected chi connectivity index (χ3v) is 3.74. The summed E-state index contributed by atoms with van der Waals surface area (Å²) in [5, 5.41) is 0.251. The minimum atomic E-state index is -4.48. The quantitative estimate of drug-likeness (QED) is 0.934. The summed E-state index contributed by atoms with van der Waals surface area (Å²) >= 11 is 1.13. The number of ether oxygens (including phenoxy) is 1. The maximum Gasteiger partial charge on any atom is 0.433 e. The molecule has 0 saturated carbocycles. The van der Waals surface area contributed by atoms with Gasteiger partial charge in [-0.25, -0.2) is 4.98 Å². The average molecular weight is 314 g/mol. The molecule has 2 rings (SSSR count). The zero-order valence-corrected chi connectivity index (χ0v) is 12.0. The average Bonchev–Trinajstić information content (AvgIpc) is 2.46. The summed E-state index contributed by atoms with van der Waals surface area (Å²) in [5.74, 6) is 0.626. The highest BCUT2D eigenvalue weighted by molar-refractivity contribution is 7.99. The van der Waals surface area contributed by atoms with Crippen molar-refractivity contribution in [1.29, 1.82) is 0 Å². The number of benzene rings is 1. The van der Waals surface area contributed by atoms with Gasteiger partial charge in [0.15, 0.2) is 0 Å². The van der Waals surface area contributed by atoms with Crippen molar-refractivity contribution < 1.29 is 17.9 Å². The van der Waals surface area contributed by atoms with Gasteiger partial charge in [-0.1, -0.05) is 23.9 Å². The van der Waals surface area contributed by atoms with Crippen molar-refractivity contribution in [3.63, 3.8) is 0 Å². The Morgan fingerprint density at radius 2 is 2.00 bits per heavy atom. The molecule has 112 valence electrons. The first-order valence-corrected chi connectivity index (χ1v) is 6.85. The first-order chi connectivity index (χ1) is 9.94. The van der Waals surface area contributed by atoms with Gasteiger partial charge in [-0.05, 0) is 29.8 Å². The molecule has 0 unspecified atom stereocenters. The molecule has 3 nitrogen and oxygen atoms in total. The molecule has 2 N–H and O–H groups in total. The normalized spacial score (nSPS) is 11.5. The van der Waals surface area contributed by atoms with Gasteiger partial charge in [0, 0.05) is 11.4 Å². The van der Waals surface area contributed by atoms with Crippen LogP contribution in [-0.2, 0) is 12.7 Å². The molecule has 0 aliphatic carbocycles. The molecule has 0 fully saturated rings. The fraction of sp³-hybridized carbons (Fsp3) is 0.214. The largest absolute Gasteiger partial charge is 0.497 e. The van der Waals surface area contributed by atoms with Gasteiger partial charge in [-0.15, -0.1) is 0 Å². The van der Waals surface area contributed by atoms with Gasteiger partial charge in [0.1, 0.15) is 16.5 Å². The Bertz CT molecular complexity index is 632. The summed E-state index contributed by atoms with van der Waals surface area (Å²) in [6, 6.07) is 9.32. The Morgan fingerprint density at radius 3 is 2.62 bits per heavy atom. The van der Waals surface area contributed by atoms with Crippen LogP contribution in [0.2, 0.25) is 0 Å². The standard InChI is InChI=1S/C14H13F3N2OS/c1-20-10-3-2-4-11(7-10)21-13-9(8-18)5-6-12(19-13)14(15,16)17/h2-7H,8,18H2,1H3. The number of aromatic nitrogens is 1. The lowest BCUT2D eigenvalue weighted by Crippen LogP contribution is -2.10. The third kappa shape index (κ3) is 3.89. The second kappa shape index (κ2) is 6.36. The van der Waals surface area contributed by atoms with Gasteiger partial charge in [0.25, 0.3) is 0 Å². The van der Waals surface area contributed by atoms with Crippen LogP contribution < -0.4 is 10.5 Å². The molecule has 1 aromatic carbocycles. The van der Waals surface area contributed by atoms with E-state index in [1.54, 1.807) is 24.3 Å². The second-order valence-electron chi connectivity index (χ2n) is 4.14. The Labute approximate surface area is 124 Å². The summed E-state index contributed by atoms with van der Waals surface area (Å²) in [6.07, 6.45) is -4.48. The minimum absolute atomic E-state index is 0.122. The molecule has 7 heteroatoms. The molecule has 0 spiro atoms. The molecule has 0 atom stereocenters. The maximum atomic E-state index is 12.7. The predicted molar refractivity (Wildman–Crippen MR) is 74.2 cm³/mol. The van der Waals surface area contributed by atoms with Gasteiger partial charge in [0.2, 0.25) is 0 Å². The number of hydrogen-bond acceptors (Lipinski definition) is 4. The lowest BCUT2D eigenvalue weighted by molar-refractivity contribution is -0.141. The Kier molecular flexibility index (Phi) is 4.74. The fourth-order valence-electron chi connectivity index (χ4n) is 1.65. The third-order valence-electron chi connectivity index (χ3n) is 2.71. The van der Waals surface area contributed by atoms with Crippen LogP contribution in [0.5, 0.6) is 5.75 Å². The molecule has 21 heavy (non-hydrogen) atoms. The van der Waals surface area contributed by atoms with Crippen molar-refractivity contribution >= 4 is 11.8 Å². The van der Waals surface area contributed by atoms with Gasteiger partial charge in [-0.3, -0.25) is 0 Å². The summed E-state index contributed by atoms with van der Waals surface area (Å²) in [5.41, 5.74) is 5.20. The van der Waals surface area contributed by atoms with Crippen molar-refractivity contribution in [3.8, 4) is 5.75 Å². The zero-order chi connectivity index (χ0) is 15.5. The topological polar surface area (TPSA) is 48.1 Å². The predicted octanol–water partition coefficient (Wildman–Crippen LogP) is 3.72. The summed E-state index contributed by atoms with van der Waals surface area (Å²) in [4.78, 5) is 4.42. The van der Waals surface area contributed by atoms with Crippen LogP contribution in [0.4, 0.5) is 13.2 Å². The molecule has 0 aliphatic heterocycles. The van der Waals surface area contributed by atoms with Crippen LogP contribution in [0.3, 0.4) is 0 Å². The van der Waals surface area contributed by atoms with E-state index in [-0.39, 0.29) is 11.6 Å². The Balaban J connectivity index is 2.37. The molecule has 1 aromatic heterocycles. The molecule has 0 bridgehead atoms. The van der Waals surface area contributed by atoms with E-state index in [2.05, 4.69) is 4.98 Å². The molecule has 2 aromatic rings. The number of rotatable bonds is 4. The van der Waals surface area contributed by atoms with E-state index in [0.29, 0.717) is 11.3 Å². The Hall–Kier alpha value is -1.73. The molecule has 1 heterocycles. The number of nitrogens with zero attached hydrogens (tertiary/aromatic N) is 1. The lowest BCUT2D eigenvalue weighted by Gasteiger charge is -2.11.